The molecule has 2 heterocycles. The Hall–Kier alpha value is -2.86. The first-order chi connectivity index (χ1) is 12.5. The molecular weight excluding hydrogens is 335 g/mol. The normalized spacial score (nSPS) is 20.0. The van der Waals surface area contributed by atoms with Crippen molar-refractivity contribution in [1.29, 1.82) is 0 Å². The van der Waals surface area contributed by atoms with Crippen molar-refractivity contribution in [2.24, 2.45) is 0 Å². The average Bonchev–Trinajstić information content (AvgIpc) is 3.18. The van der Waals surface area contributed by atoms with Crippen LogP contribution in [0.2, 0.25) is 0 Å². The van der Waals surface area contributed by atoms with Crippen molar-refractivity contribution in [3.8, 4) is 11.3 Å². The van der Waals surface area contributed by atoms with E-state index in [1.54, 1.807) is 12.1 Å². The van der Waals surface area contributed by atoms with E-state index in [9.17, 15) is 19.4 Å². The third-order valence-corrected chi connectivity index (χ3v) is 5.12. The molecule has 3 aromatic rings. The van der Waals surface area contributed by atoms with Crippen LogP contribution in [0.3, 0.4) is 0 Å². The van der Waals surface area contributed by atoms with Gasteiger partial charge in [-0.25, -0.2) is 9.18 Å². The van der Waals surface area contributed by atoms with Gasteiger partial charge in [-0.05, 0) is 54.3 Å². The molecular formula is C20H19FN2O3. The van der Waals surface area contributed by atoms with Gasteiger partial charge in [0.1, 0.15) is 5.82 Å². The zero-order chi connectivity index (χ0) is 18.3. The summed E-state index contributed by atoms with van der Waals surface area (Å²) in [5.74, 6) is -0.310. The fraction of sp³-hybridized carbons (Fsp3) is 0.250. The fourth-order valence-corrected chi connectivity index (χ4v) is 3.81. The molecule has 1 aliphatic heterocycles. The van der Waals surface area contributed by atoms with Gasteiger partial charge in [0.25, 0.3) is 0 Å². The molecule has 4 rings (SSSR count). The Morgan fingerprint density at radius 2 is 1.92 bits per heavy atom. The molecule has 1 saturated heterocycles. The van der Waals surface area contributed by atoms with Crippen LogP contribution in [0.1, 0.15) is 12.0 Å². The van der Waals surface area contributed by atoms with Crippen molar-refractivity contribution in [3.63, 3.8) is 0 Å². The van der Waals surface area contributed by atoms with Gasteiger partial charge in [-0.2, -0.15) is 0 Å². The monoisotopic (exact) mass is 354 g/mol. The Morgan fingerprint density at radius 1 is 1.19 bits per heavy atom. The maximum absolute atomic E-state index is 13.3. The predicted molar refractivity (Wildman–Crippen MR) is 96.5 cm³/mol. The summed E-state index contributed by atoms with van der Waals surface area (Å²) in [4.78, 5) is 16.2. The molecule has 26 heavy (non-hydrogen) atoms. The van der Waals surface area contributed by atoms with E-state index in [-0.39, 0.29) is 5.82 Å². The largest absolute Gasteiger partial charge is 0.465 e. The third-order valence-electron chi connectivity index (χ3n) is 5.12. The van der Waals surface area contributed by atoms with Crippen LogP contribution in [0.4, 0.5) is 9.18 Å². The van der Waals surface area contributed by atoms with Gasteiger partial charge in [0.15, 0.2) is 0 Å². The zero-order valence-electron chi connectivity index (χ0n) is 14.0. The molecule has 1 fully saturated rings. The molecule has 2 unspecified atom stereocenters. The molecule has 2 aromatic carbocycles. The minimum atomic E-state index is -1.02. The van der Waals surface area contributed by atoms with Crippen LogP contribution in [-0.2, 0) is 6.42 Å². The number of aliphatic hydroxyl groups is 1. The number of H-pyrrole nitrogens is 1. The molecule has 0 spiro atoms. The molecule has 0 radical (unpaired) electrons. The van der Waals surface area contributed by atoms with Crippen LogP contribution >= 0.6 is 0 Å². The Balaban J connectivity index is 1.81. The number of amides is 1. The molecule has 3 N–H and O–H groups in total. The average molecular weight is 354 g/mol. The summed E-state index contributed by atoms with van der Waals surface area (Å²) in [5.41, 5.74) is 3.52. The highest BCUT2D eigenvalue weighted by atomic mass is 19.1. The highest BCUT2D eigenvalue weighted by Crippen LogP contribution is 2.34. The highest BCUT2D eigenvalue weighted by molar-refractivity contribution is 5.91. The minimum absolute atomic E-state index is 0.310. The number of nitrogens with zero attached hydrogens (tertiary/aromatic N) is 1. The first-order valence-corrected chi connectivity index (χ1v) is 8.58. The second kappa shape index (κ2) is 6.46. The summed E-state index contributed by atoms with van der Waals surface area (Å²) in [6.07, 6.45) is -0.884. The molecule has 5 nitrogen and oxygen atoms in total. The van der Waals surface area contributed by atoms with Gasteiger partial charge < -0.3 is 20.1 Å². The number of aliphatic hydroxyl groups excluding tert-OH is 1. The number of fused-ring (bicyclic) bond motifs is 1. The summed E-state index contributed by atoms with van der Waals surface area (Å²) in [7, 11) is 0. The van der Waals surface area contributed by atoms with Crippen LogP contribution in [-0.4, -0.2) is 44.9 Å². The predicted octanol–water partition coefficient (Wildman–Crippen LogP) is 3.63. The Bertz CT molecular complexity index is 951. The summed E-state index contributed by atoms with van der Waals surface area (Å²) >= 11 is 0. The number of benzene rings is 2. The van der Waals surface area contributed by atoms with E-state index in [0.29, 0.717) is 19.4 Å². The van der Waals surface area contributed by atoms with E-state index in [1.165, 1.54) is 17.0 Å². The van der Waals surface area contributed by atoms with E-state index >= 15 is 0 Å². The lowest BCUT2D eigenvalue weighted by Crippen LogP contribution is -2.40. The van der Waals surface area contributed by atoms with E-state index in [0.717, 1.165) is 27.7 Å². The first kappa shape index (κ1) is 16.6. The fourth-order valence-electron chi connectivity index (χ4n) is 3.81. The molecule has 0 bridgehead atoms. The number of nitrogens with one attached hydrogen (secondary N) is 1. The standard InChI is InChI=1S/C20H19FN2O3/c21-13-7-5-12(6-8-13)19-15(14-3-1-2-4-16(14)22-19)11-17-18(24)9-10-23(17)20(25)26/h1-8,17-18,22,24H,9-11H2,(H,25,26). The van der Waals surface area contributed by atoms with Crippen LogP contribution in [0.25, 0.3) is 22.2 Å². The molecule has 1 amide bonds. The number of likely N-dealkylation sites (tertiary alicyclic amines) is 1. The van der Waals surface area contributed by atoms with Crippen LogP contribution in [0.5, 0.6) is 0 Å². The Labute approximate surface area is 149 Å². The molecule has 0 aliphatic carbocycles. The molecule has 2 atom stereocenters. The van der Waals surface area contributed by atoms with Crippen LogP contribution < -0.4 is 0 Å². The van der Waals surface area contributed by atoms with Crippen molar-refractivity contribution in [2.45, 2.75) is 25.0 Å². The van der Waals surface area contributed by atoms with Crippen molar-refractivity contribution >= 4 is 17.0 Å². The minimum Gasteiger partial charge on any atom is -0.465 e. The smallest absolute Gasteiger partial charge is 0.407 e. The quantitative estimate of drug-likeness (QED) is 0.672. The molecule has 6 heteroatoms. The number of hydrogen-bond acceptors (Lipinski definition) is 2. The molecule has 134 valence electrons. The lowest BCUT2D eigenvalue weighted by Gasteiger charge is -2.24. The van der Waals surface area contributed by atoms with Crippen molar-refractivity contribution < 1.29 is 19.4 Å². The van der Waals surface area contributed by atoms with Gasteiger partial charge in [-0.1, -0.05) is 18.2 Å². The zero-order valence-corrected chi connectivity index (χ0v) is 14.0. The number of carbonyl (C=O) groups is 1. The molecule has 0 saturated carbocycles. The summed E-state index contributed by atoms with van der Waals surface area (Å²) in [6, 6.07) is 13.5. The first-order valence-electron chi connectivity index (χ1n) is 8.58. The highest BCUT2D eigenvalue weighted by Gasteiger charge is 2.37. The van der Waals surface area contributed by atoms with Gasteiger partial charge in [-0.3, -0.25) is 0 Å². The van der Waals surface area contributed by atoms with Gasteiger partial charge >= 0.3 is 6.09 Å². The number of aromatic nitrogens is 1. The van der Waals surface area contributed by atoms with Crippen molar-refractivity contribution in [1.82, 2.24) is 9.88 Å². The van der Waals surface area contributed by atoms with E-state index in [2.05, 4.69) is 4.98 Å². The van der Waals surface area contributed by atoms with Gasteiger partial charge in [0, 0.05) is 23.1 Å². The van der Waals surface area contributed by atoms with E-state index in [4.69, 9.17) is 0 Å². The Kier molecular flexibility index (Phi) is 4.12. The summed E-state index contributed by atoms with van der Waals surface area (Å²) < 4.78 is 13.3. The molecule has 1 aromatic heterocycles. The second-order valence-electron chi connectivity index (χ2n) is 6.63. The topological polar surface area (TPSA) is 76.6 Å². The van der Waals surface area contributed by atoms with E-state index < -0.39 is 18.2 Å². The van der Waals surface area contributed by atoms with Crippen molar-refractivity contribution in [2.75, 3.05) is 6.54 Å². The number of carboxylic acid groups (broad SMARTS) is 1. The van der Waals surface area contributed by atoms with Gasteiger partial charge in [0.05, 0.1) is 12.1 Å². The van der Waals surface area contributed by atoms with E-state index in [1.807, 2.05) is 24.3 Å². The van der Waals surface area contributed by atoms with Gasteiger partial charge in [-0.15, -0.1) is 0 Å². The maximum atomic E-state index is 13.3. The number of rotatable bonds is 3. The molecule has 1 aliphatic rings. The number of aromatic amines is 1. The lowest BCUT2D eigenvalue weighted by atomic mass is 9.96. The number of para-hydroxylation sites is 1. The summed E-state index contributed by atoms with van der Waals surface area (Å²) in [6.45, 7) is 0.329. The van der Waals surface area contributed by atoms with Gasteiger partial charge in [0.2, 0.25) is 0 Å². The Morgan fingerprint density at radius 3 is 2.65 bits per heavy atom. The number of halogens is 1. The third kappa shape index (κ3) is 2.82. The SMILES string of the molecule is O=C(O)N1CCC(O)C1Cc1c(-c2ccc(F)cc2)[nH]c2ccccc12. The van der Waals surface area contributed by atoms with Crippen LogP contribution in [0, 0.1) is 5.82 Å². The van der Waals surface area contributed by atoms with Crippen molar-refractivity contribution in [3.05, 3.63) is 59.9 Å². The second-order valence-corrected chi connectivity index (χ2v) is 6.63. The maximum Gasteiger partial charge on any atom is 0.407 e. The number of hydrogen-bond donors (Lipinski definition) is 3. The van der Waals surface area contributed by atoms with Crippen LogP contribution in [0.15, 0.2) is 48.5 Å². The lowest BCUT2D eigenvalue weighted by molar-refractivity contribution is 0.100. The summed E-state index contributed by atoms with van der Waals surface area (Å²) in [5, 5.41) is 20.7.